The number of nitrogen functional groups attached to an aromatic ring is 2. The highest BCUT2D eigenvalue weighted by atomic mass is 16.3. The van der Waals surface area contributed by atoms with Crippen molar-refractivity contribution in [3.05, 3.63) is 51.6 Å². The largest absolute Gasteiger partial charge is 0.507 e. The van der Waals surface area contributed by atoms with Crippen LogP contribution in [-0.2, 0) is 0 Å². The Morgan fingerprint density at radius 1 is 0.870 bits per heavy atom. The first kappa shape index (κ1) is 14.1. The Hall–Kier alpha value is -3.84. The van der Waals surface area contributed by atoms with Gasteiger partial charge in [-0.2, -0.15) is 10.5 Å². The van der Waals surface area contributed by atoms with Crippen molar-refractivity contribution in [1.29, 1.82) is 10.5 Å². The van der Waals surface area contributed by atoms with Crippen LogP contribution in [0.4, 0.5) is 11.4 Å². The Kier molecular flexibility index (Phi) is 2.81. The van der Waals surface area contributed by atoms with E-state index in [0.29, 0.717) is 0 Å². The number of nitriles is 2. The van der Waals surface area contributed by atoms with Crippen LogP contribution in [-0.4, -0.2) is 16.7 Å². The fourth-order valence-electron chi connectivity index (χ4n) is 2.72. The fourth-order valence-corrected chi connectivity index (χ4v) is 2.72. The minimum absolute atomic E-state index is 0.0257. The van der Waals surface area contributed by atoms with Crippen molar-refractivity contribution in [2.75, 3.05) is 11.5 Å². The normalized spacial score (nSPS) is 12.1. The summed E-state index contributed by atoms with van der Waals surface area (Å²) in [5.41, 5.74) is 9.95. The molecule has 3 rings (SSSR count). The number of nitrogens with zero attached hydrogens (tertiary/aromatic N) is 2. The van der Waals surface area contributed by atoms with E-state index < -0.39 is 11.6 Å². The SMILES string of the molecule is N#Cc1c(N)c2c(c(N)c1C#N)C(=O)c1c(O)cccc1C2=O. The average Bonchev–Trinajstić information content (AvgIpc) is 2.53. The van der Waals surface area contributed by atoms with Gasteiger partial charge in [-0.05, 0) is 6.07 Å². The number of ketones is 2. The van der Waals surface area contributed by atoms with Crippen LogP contribution in [0.3, 0.4) is 0 Å². The molecule has 2 aromatic carbocycles. The Morgan fingerprint density at radius 2 is 1.39 bits per heavy atom. The molecule has 0 spiro atoms. The summed E-state index contributed by atoms with van der Waals surface area (Å²) in [6.07, 6.45) is 0. The van der Waals surface area contributed by atoms with Gasteiger partial charge >= 0.3 is 0 Å². The van der Waals surface area contributed by atoms with E-state index >= 15 is 0 Å². The van der Waals surface area contributed by atoms with Crippen molar-refractivity contribution in [2.24, 2.45) is 0 Å². The number of hydrogen-bond acceptors (Lipinski definition) is 7. The maximum Gasteiger partial charge on any atom is 0.200 e. The maximum atomic E-state index is 12.7. The summed E-state index contributed by atoms with van der Waals surface area (Å²) in [5, 5.41) is 28.2. The summed E-state index contributed by atoms with van der Waals surface area (Å²) in [7, 11) is 0. The number of phenolic OH excluding ortho intramolecular Hbond substituents is 1. The van der Waals surface area contributed by atoms with Crippen LogP contribution >= 0.6 is 0 Å². The molecule has 0 amide bonds. The Morgan fingerprint density at radius 3 is 1.91 bits per heavy atom. The van der Waals surface area contributed by atoms with Gasteiger partial charge in [-0.3, -0.25) is 9.59 Å². The molecule has 1 aliphatic carbocycles. The first-order chi connectivity index (χ1) is 10.9. The monoisotopic (exact) mass is 304 g/mol. The quantitative estimate of drug-likeness (QED) is 0.525. The van der Waals surface area contributed by atoms with Gasteiger partial charge in [-0.15, -0.1) is 0 Å². The summed E-state index contributed by atoms with van der Waals surface area (Å²) < 4.78 is 0. The molecule has 7 nitrogen and oxygen atoms in total. The minimum atomic E-state index is -0.710. The summed E-state index contributed by atoms with van der Waals surface area (Å²) in [6, 6.07) is 7.52. The molecule has 110 valence electrons. The van der Waals surface area contributed by atoms with Crippen LogP contribution in [0.15, 0.2) is 18.2 Å². The zero-order valence-corrected chi connectivity index (χ0v) is 11.5. The number of anilines is 2. The van der Waals surface area contributed by atoms with Gasteiger partial charge in [0.15, 0.2) is 11.6 Å². The molecular weight excluding hydrogens is 296 g/mol. The van der Waals surface area contributed by atoms with Crippen LogP contribution in [0.5, 0.6) is 5.75 Å². The molecule has 0 atom stereocenters. The number of fused-ring (bicyclic) bond motifs is 2. The van der Waals surface area contributed by atoms with Gasteiger partial charge in [0.2, 0.25) is 0 Å². The van der Waals surface area contributed by atoms with Gasteiger partial charge in [0.05, 0.1) is 39.2 Å². The van der Waals surface area contributed by atoms with Crippen molar-refractivity contribution in [1.82, 2.24) is 0 Å². The highest BCUT2D eigenvalue weighted by molar-refractivity contribution is 6.33. The zero-order valence-electron chi connectivity index (χ0n) is 11.5. The van der Waals surface area contributed by atoms with Crippen LogP contribution in [0.25, 0.3) is 0 Å². The maximum absolute atomic E-state index is 12.7. The number of phenols is 1. The second kappa shape index (κ2) is 4.58. The second-order valence-corrected chi connectivity index (χ2v) is 4.91. The summed E-state index contributed by atoms with van der Waals surface area (Å²) in [4.78, 5) is 25.3. The standard InChI is InChI=1S/C16H8N4O3/c17-4-7-8(5-18)14(20)12-11(13(7)19)15(22)6-2-1-3-9(21)10(6)16(12)23/h1-3,21H,19-20H2. The molecule has 23 heavy (non-hydrogen) atoms. The number of hydrogen-bond donors (Lipinski definition) is 3. The Labute approximate surface area is 130 Å². The number of carbonyl (C=O) groups excluding carboxylic acids is 2. The van der Waals surface area contributed by atoms with Crippen LogP contribution in [0, 0.1) is 22.7 Å². The molecule has 2 aromatic rings. The van der Waals surface area contributed by atoms with Gasteiger partial charge in [-0.1, -0.05) is 12.1 Å². The van der Waals surface area contributed by atoms with E-state index in [4.69, 9.17) is 11.5 Å². The molecule has 0 saturated carbocycles. The smallest absolute Gasteiger partial charge is 0.200 e. The van der Waals surface area contributed by atoms with Crippen molar-refractivity contribution in [2.45, 2.75) is 0 Å². The lowest BCUT2D eigenvalue weighted by Gasteiger charge is -2.22. The van der Waals surface area contributed by atoms with E-state index in [0.717, 1.165) is 0 Å². The first-order valence-electron chi connectivity index (χ1n) is 6.40. The second-order valence-electron chi connectivity index (χ2n) is 4.91. The van der Waals surface area contributed by atoms with Gasteiger partial charge in [0.1, 0.15) is 17.9 Å². The van der Waals surface area contributed by atoms with E-state index in [-0.39, 0.29) is 50.5 Å². The van der Waals surface area contributed by atoms with Crippen molar-refractivity contribution in [3.63, 3.8) is 0 Å². The first-order valence-corrected chi connectivity index (χ1v) is 6.40. The molecule has 1 aliphatic rings. The Bertz CT molecular complexity index is 1010. The zero-order chi connectivity index (χ0) is 16.9. The number of benzene rings is 2. The van der Waals surface area contributed by atoms with Crippen LogP contribution < -0.4 is 11.5 Å². The molecule has 0 fully saturated rings. The van der Waals surface area contributed by atoms with Crippen LogP contribution in [0.2, 0.25) is 0 Å². The van der Waals surface area contributed by atoms with E-state index in [1.165, 1.54) is 18.2 Å². The van der Waals surface area contributed by atoms with Gasteiger partial charge in [0, 0.05) is 5.56 Å². The average molecular weight is 304 g/mol. The minimum Gasteiger partial charge on any atom is -0.507 e. The molecule has 0 unspecified atom stereocenters. The van der Waals surface area contributed by atoms with E-state index in [2.05, 4.69) is 0 Å². The van der Waals surface area contributed by atoms with E-state index in [1.54, 1.807) is 12.1 Å². The van der Waals surface area contributed by atoms with Gasteiger partial charge in [0.25, 0.3) is 0 Å². The predicted molar refractivity (Wildman–Crippen MR) is 79.7 cm³/mol. The summed E-state index contributed by atoms with van der Waals surface area (Å²) >= 11 is 0. The van der Waals surface area contributed by atoms with Gasteiger partial charge in [-0.25, -0.2) is 0 Å². The third-order valence-corrected chi connectivity index (χ3v) is 3.77. The molecular formula is C16H8N4O3. The molecule has 0 heterocycles. The molecule has 0 aromatic heterocycles. The Balaban J connectivity index is 2.51. The highest BCUT2D eigenvalue weighted by Gasteiger charge is 2.37. The molecule has 5 N–H and O–H groups in total. The van der Waals surface area contributed by atoms with E-state index in [1.807, 2.05) is 0 Å². The summed E-state index contributed by atoms with van der Waals surface area (Å²) in [5.74, 6) is -1.71. The molecule has 7 heteroatoms. The molecule has 0 saturated heterocycles. The molecule has 0 aliphatic heterocycles. The third-order valence-electron chi connectivity index (χ3n) is 3.77. The predicted octanol–water partition coefficient (Wildman–Crippen LogP) is 1.08. The fraction of sp³-hybridized carbons (Fsp3) is 0. The van der Waals surface area contributed by atoms with Crippen molar-refractivity contribution < 1.29 is 14.7 Å². The number of rotatable bonds is 0. The highest BCUT2D eigenvalue weighted by Crippen LogP contribution is 2.40. The van der Waals surface area contributed by atoms with Crippen molar-refractivity contribution in [3.8, 4) is 17.9 Å². The summed E-state index contributed by atoms with van der Waals surface area (Å²) in [6.45, 7) is 0. The lowest BCUT2D eigenvalue weighted by molar-refractivity contribution is 0.0978. The van der Waals surface area contributed by atoms with E-state index in [9.17, 15) is 25.2 Å². The van der Waals surface area contributed by atoms with Crippen LogP contribution in [0.1, 0.15) is 43.0 Å². The molecule has 0 radical (unpaired) electrons. The lowest BCUT2D eigenvalue weighted by Crippen LogP contribution is -2.25. The number of aromatic hydroxyl groups is 1. The lowest BCUT2D eigenvalue weighted by atomic mass is 9.79. The van der Waals surface area contributed by atoms with Crippen molar-refractivity contribution >= 4 is 22.9 Å². The number of carbonyl (C=O) groups is 2. The van der Waals surface area contributed by atoms with Gasteiger partial charge < -0.3 is 16.6 Å². The molecule has 0 bridgehead atoms. The topological polar surface area (TPSA) is 154 Å². The number of nitrogens with two attached hydrogens (primary N) is 2. The third kappa shape index (κ3) is 1.62.